The second-order valence-corrected chi connectivity index (χ2v) is 7.27. The number of hydrogen-bond acceptors (Lipinski definition) is 6. The molecule has 2 aromatic heterocycles. The van der Waals surface area contributed by atoms with Crippen molar-refractivity contribution in [2.24, 2.45) is 0 Å². The second-order valence-electron chi connectivity index (χ2n) is 7.27. The fourth-order valence-electron chi connectivity index (χ4n) is 3.05. The first kappa shape index (κ1) is 23.5. The maximum Gasteiger partial charge on any atom is 0.421 e. The maximum absolute atomic E-state index is 14.6. The number of aromatic nitrogens is 4. The van der Waals surface area contributed by atoms with Crippen LogP contribution in [0.4, 0.5) is 23.2 Å². The number of alkyl halides is 3. The van der Waals surface area contributed by atoms with Crippen molar-refractivity contribution in [3.8, 4) is 11.6 Å². The average Bonchev–Trinajstić information content (AvgIpc) is 3.24. The number of nitrogens with zero attached hydrogens (tertiary/aromatic N) is 4. The zero-order valence-electron chi connectivity index (χ0n) is 17.8. The highest BCUT2D eigenvalue weighted by atomic mass is 19.4. The number of benzene rings is 1. The monoisotopic (exact) mass is 453 g/mol. The molecule has 0 unspecified atom stereocenters. The van der Waals surface area contributed by atoms with E-state index in [-0.39, 0.29) is 24.8 Å². The Labute approximate surface area is 182 Å². The van der Waals surface area contributed by atoms with Gasteiger partial charge in [0.15, 0.2) is 11.6 Å². The normalized spacial score (nSPS) is 12.6. The molecular formula is C21H23F4N5O2. The van der Waals surface area contributed by atoms with E-state index in [4.69, 9.17) is 9.47 Å². The third-order valence-corrected chi connectivity index (χ3v) is 4.58. The lowest BCUT2D eigenvalue weighted by Gasteiger charge is -2.18. The number of pyridine rings is 1. The summed E-state index contributed by atoms with van der Waals surface area (Å²) in [5, 5.41) is 10.9. The Morgan fingerprint density at radius 1 is 1.16 bits per heavy atom. The fourth-order valence-corrected chi connectivity index (χ4v) is 3.05. The van der Waals surface area contributed by atoms with E-state index in [2.05, 4.69) is 20.5 Å². The molecule has 172 valence electrons. The van der Waals surface area contributed by atoms with Crippen molar-refractivity contribution in [3.05, 3.63) is 59.3 Å². The number of hydrogen-bond donors (Lipinski definition) is 1. The van der Waals surface area contributed by atoms with Crippen LogP contribution in [0, 0.1) is 12.7 Å². The lowest BCUT2D eigenvalue weighted by molar-refractivity contribution is -0.139. The van der Waals surface area contributed by atoms with Crippen LogP contribution in [0.5, 0.6) is 11.6 Å². The Morgan fingerprint density at radius 2 is 1.88 bits per heavy atom. The Bertz CT molecular complexity index is 1040. The molecule has 1 N–H and O–H groups in total. The Morgan fingerprint density at radius 3 is 2.53 bits per heavy atom. The third kappa shape index (κ3) is 5.94. The van der Waals surface area contributed by atoms with Gasteiger partial charge in [-0.25, -0.2) is 9.37 Å². The molecule has 0 radical (unpaired) electrons. The first-order valence-corrected chi connectivity index (χ1v) is 9.81. The average molecular weight is 453 g/mol. The first-order valence-electron chi connectivity index (χ1n) is 9.81. The topological polar surface area (TPSA) is 74.1 Å². The summed E-state index contributed by atoms with van der Waals surface area (Å²) in [6.07, 6.45) is -0.275. The predicted molar refractivity (Wildman–Crippen MR) is 109 cm³/mol. The summed E-state index contributed by atoms with van der Waals surface area (Å²) in [6.45, 7) is 4.24. The van der Waals surface area contributed by atoms with Crippen LogP contribution in [-0.4, -0.2) is 39.7 Å². The van der Waals surface area contributed by atoms with E-state index in [1.807, 2.05) is 6.92 Å². The molecule has 0 saturated heterocycles. The van der Waals surface area contributed by atoms with Gasteiger partial charge in [-0.3, -0.25) is 0 Å². The predicted octanol–water partition coefficient (Wildman–Crippen LogP) is 4.62. The van der Waals surface area contributed by atoms with Gasteiger partial charge in [0.2, 0.25) is 5.88 Å². The molecule has 1 aromatic carbocycles. The summed E-state index contributed by atoms with van der Waals surface area (Å²) in [4.78, 5) is 5.18. The Balaban J connectivity index is 1.83. The van der Waals surface area contributed by atoms with Gasteiger partial charge < -0.3 is 14.8 Å². The first-order chi connectivity index (χ1) is 15.2. The zero-order valence-corrected chi connectivity index (χ0v) is 17.8. The van der Waals surface area contributed by atoms with Crippen molar-refractivity contribution in [2.45, 2.75) is 39.0 Å². The van der Waals surface area contributed by atoms with Gasteiger partial charge in [0.25, 0.3) is 0 Å². The van der Waals surface area contributed by atoms with Gasteiger partial charge in [-0.15, -0.1) is 0 Å². The second kappa shape index (κ2) is 9.94. The minimum absolute atomic E-state index is 0.0900. The Hall–Kier alpha value is -3.21. The molecule has 0 aliphatic rings. The van der Waals surface area contributed by atoms with E-state index in [0.29, 0.717) is 23.4 Å². The highest BCUT2D eigenvalue weighted by molar-refractivity contribution is 5.55. The van der Waals surface area contributed by atoms with Crippen molar-refractivity contribution in [1.82, 2.24) is 20.0 Å². The van der Waals surface area contributed by atoms with E-state index >= 15 is 0 Å². The molecule has 7 nitrogen and oxygen atoms in total. The molecule has 0 spiro atoms. The van der Waals surface area contributed by atoms with Crippen LogP contribution >= 0.6 is 0 Å². The summed E-state index contributed by atoms with van der Waals surface area (Å²) >= 11 is 0. The van der Waals surface area contributed by atoms with Crippen LogP contribution < -0.4 is 10.1 Å². The number of methoxy groups -OCH3 is 1. The Kier molecular flexibility index (Phi) is 7.29. The van der Waals surface area contributed by atoms with Crippen LogP contribution in [0.3, 0.4) is 0 Å². The van der Waals surface area contributed by atoms with Gasteiger partial charge in [0, 0.05) is 31.1 Å². The molecule has 0 aliphatic carbocycles. The molecule has 32 heavy (non-hydrogen) atoms. The quantitative estimate of drug-likeness (QED) is 0.477. The van der Waals surface area contributed by atoms with E-state index < -0.39 is 23.4 Å². The maximum atomic E-state index is 14.6. The van der Waals surface area contributed by atoms with Crippen molar-refractivity contribution < 1.29 is 27.0 Å². The molecule has 3 aromatic rings. The van der Waals surface area contributed by atoms with E-state index in [1.165, 1.54) is 35.5 Å². The van der Waals surface area contributed by atoms with Crippen LogP contribution in [0.15, 0.2) is 36.8 Å². The van der Waals surface area contributed by atoms with Crippen LogP contribution in [0.1, 0.15) is 23.6 Å². The standard InChI is InChI=1S/C21H23F4N5O2/c1-13-8-19(17(22)10-18(13)29-14(2)12-31-3)32-20-16(21(23,24)25)9-15(11-26-20)4-7-30-27-5-6-28-30/h5-6,8-11,14,29H,4,7,12H2,1-3H3/t14-/m0/s1. The molecule has 2 heterocycles. The summed E-state index contributed by atoms with van der Waals surface area (Å²) in [7, 11) is 1.55. The number of ether oxygens (including phenoxy) is 2. The van der Waals surface area contributed by atoms with Gasteiger partial charge in [0.1, 0.15) is 5.56 Å². The van der Waals surface area contributed by atoms with Gasteiger partial charge in [-0.1, -0.05) is 0 Å². The van der Waals surface area contributed by atoms with Crippen molar-refractivity contribution in [1.29, 1.82) is 0 Å². The third-order valence-electron chi connectivity index (χ3n) is 4.58. The molecule has 11 heteroatoms. The van der Waals surface area contributed by atoms with Crippen molar-refractivity contribution in [2.75, 3.05) is 19.0 Å². The van der Waals surface area contributed by atoms with Crippen molar-refractivity contribution >= 4 is 5.69 Å². The van der Waals surface area contributed by atoms with Crippen LogP contribution in [-0.2, 0) is 23.9 Å². The fraction of sp³-hybridized carbons (Fsp3) is 0.381. The summed E-state index contributed by atoms with van der Waals surface area (Å²) in [6, 6.07) is 3.36. The van der Waals surface area contributed by atoms with Gasteiger partial charge >= 0.3 is 6.18 Å². The molecule has 1 atom stereocenters. The van der Waals surface area contributed by atoms with Gasteiger partial charge in [0.05, 0.1) is 25.5 Å². The highest BCUT2D eigenvalue weighted by Crippen LogP contribution is 2.38. The van der Waals surface area contributed by atoms with Crippen LogP contribution in [0.2, 0.25) is 0 Å². The van der Waals surface area contributed by atoms with Gasteiger partial charge in [-0.05, 0) is 43.5 Å². The van der Waals surface area contributed by atoms with E-state index in [1.54, 1.807) is 14.0 Å². The largest absolute Gasteiger partial charge is 0.435 e. The number of rotatable bonds is 9. The zero-order chi connectivity index (χ0) is 23.3. The summed E-state index contributed by atoms with van der Waals surface area (Å²) in [5.74, 6) is -1.88. The molecule has 3 rings (SSSR count). The minimum Gasteiger partial charge on any atom is -0.435 e. The number of anilines is 1. The SMILES string of the molecule is COC[C@H](C)Nc1cc(F)c(Oc2ncc(CCn3nccn3)cc2C(F)(F)F)cc1C. The smallest absolute Gasteiger partial charge is 0.421 e. The highest BCUT2D eigenvalue weighted by Gasteiger charge is 2.36. The molecule has 0 amide bonds. The molecule has 0 bridgehead atoms. The van der Waals surface area contributed by atoms with E-state index in [0.717, 1.165) is 6.07 Å². The van der Waals surface area contributed by atoms with Gasteiger partial charge in [-0.2, -0.15) is 28.2 Å². The lowest BCUT2D eigenvalue weighted by atomic mass is 10.1. The molecule has 0 saturated carbocycles. The number of nitrogens with one attached hydrogen (secondary N) is 1. The minimum atomic E-state index is -4.73. The number of aryl methyl sites for hydroxylation is 3. The van der Waals surface area contributed by atoms with E-state index in [9.17, 15) is 17.6 Å². The van der Waals surface area contributed by atoms with Crippen LogP contribution in [0.25, 0.3) is 0 Å². The summed E-state index contributed by atoms with van der Waals surface area (Å²) < 4.78 is 65.8. The molecule has 0 aliphatic heterocycles. The lowest BCUT2D eigenvalue weighted by Crippen LogP contribution is -2.21. The molecular weight excluding hydrogens is 430 g/mol. The van der Waals surface area contributed by atoms with Crippen molar-refractivity contribution in [3.63, 3.8) is 0 Å². The number of halogens is 4. The molecule has 0 fully saturated rings. The summed E-state index contributed by atoms with van der Waals surface area (Å²) in [5.41, 5.74) is 0.328.